The highest BCUT2D eigenvalue weighted by molar-refractivity contribution is 7.14. The molecule has 3 aliphatic rings. The monoisotopic (exact) mass is 370 g/mol. The maximum absolute atomic E-state index is 2.70. The molecule has 0 saturated heterocycles. The van der Waals surface area contributed by atoms with E-state index in [9.17, 15) is 0 Å². The summed E-state index contributed by atoms with van der Waals surface area (Å²) in [5, 5.41) is 4.65. The van der Waals surface area contributed by atoms with Crippen LogP contribution in [-0.4, -0.2) is 8.07 Å². The molecule has 3 atom stereocenters. The Hall–Kier alpha value is -0.643. The molecule has 0 aromatic carbocycles. The third-order valence-corrected chi connectivity index (χ3v) is 14.0. The lowest BCUT2D eigenvalue weighted by Crippen LogP contribution is -2.43. The van der Waals surface area contributed by atoms with Crippen molar-refractivity contribution < 1.29 is 0 Å². The minimum absolute atomic E-state index is 0.733. The topological polar surface area (TPSA) is 0 Å². The Bertz CT molecular complexity index is 769. The number of fused-ring (bicyclic) bond motifs is 4. The Morgan fingerprint density at radius 1 is 0.958 bits per heavy atom. The van der Waals surface area contributed by atoms with Crippen LogP contribution in [-0.2, 0) is 0 Å². The predicted molar refractivity (Wildman–Crippen MR) is 110 cm³/mol. The van der Waals surface area contributed by atoms with E-state index in [4.69, 9.17) is 0 Å². The summed E-state index contributed by atoms with van der Waals surface area (Å²) in [6.45, 7) is 7.86. The lowest BCUT2D eigenvalue weighted by molar-refractivity contribution is 0.299. The predicted octanol–water partition coefficient (Wildman–Crippen LogP) is 7.31. The highest BCUT2D eigenvalue weighted by Crippen LogP contribution is 2.61. The van der Waals surface area contributed by atoms with E-state index in [0.29, 0.717) is 0 Å². The van der Waals surface area contributed by atoms with Crippen molar-refractivity contribution in [2.45, 2.75) is 56.8 Å². The summed E-state index contributed by atoms with van der Waals surface area (Å²) in [6.07, 6.45) is 8.52. The van der Waals surface area contributed by atoms with E-state index in [1.165, 1.54) is 25.7 Å². The highest BCUT2D eigenvalue weighted by atomic mass is 32.1. The highest BCUT2D eigenvalue weighted by Gasteiger charge is 2.52. The molecule has 0 nitrogen and oxygen atoms in total. The van der Waals surface area contributed by atoms with Crippen molar-refractivity contribution in [1.82, 2.24) is 0 Å². The van der Waals surface area contributed by atoms with Crippen LogP contribution < -0.4 is 0 Å². The third-order valence-electron chi connectivity index (χ3n) is 7.02. The van der Waals surface area contributed by atoms with E-state index < -0.39 is 8.07 Å². The van der Waals surface area contributed by atoms with Crippen molar-refractivity contribution in [2.24, 2.45) is 11.8 Å². The first kappa shape index (κ1) is 15.6. The second kappa shape index (κ2) is 5.42. The molecule has 0 amide bonds. The van der Waals surface area contributed by atoms with E-state index in [2.05, 4.69) is 49.0 Å². The quantitative estimate of drug-likeness (QED) is 0.384. The number of rotatable bonds is 2. The van der Waals surface area contributed by atoms with Gasteiger partial charge in [0, 0.05) is 15.3 Å². The van der Waals surface area contributed by atoms with Crippen molar-refractivity contribution in [1.29, 1.82) is 0 Å². The molecule has 0 spiro atoms. The van der Waals surface area contributed by atoms with Crippen LogP contribution in [0.2, 0.25) is 18.6 Å². The fraction of sp³-hybridized carbons (Fsp3) is 0.524. The molecule has 0 bridgehead atoms. The Kier molecular flexibility index (Phi) is 3.53. The third kappa shape index (κ3) is 2.01. The molecular formula is C21H26S2Si. The molecule has 1 fully saturated rings. The molecule has 1 saturated carbocycles. The van der Waals surface area contributed by atoms with E-state index in [1.807, 2.05) is 22.7 Å². The van der Waals surface area contributed by atoms with E-state index in [0.717, 1.165) is 22.9 Å². The van der Waals surface area contributed by atoms with Crippen molar-refractivity contribution in [3.05, 3.63) is 44.3 Å². The second-order valence-electron chi connectivity index (χ2n) is 8.65. The summed E-state index contributed by atoms with van der Waals surface area (Å²) in [4.78, 5) is 3.39. The van der Waals surface area contributed by atoms with Crippen molar-refractivity contribution in [3.8, 4) is 11.1 Å². The van der Waals surface area contributed by atoms with Gasteiger partial charge in [0.15, 0.2) is 0 Å². The first-order valence-corrected chi connectivity index (χ1v) is 14.3. The second-order valence-corrected chi connectivity index (χ2v) is 15.4. The summed E-state index contributed by atoms with van der Waals surface area (Å²) < 4.78 is 0. The zero-order valence-corrected chi connectivity index (χ0v) is 17.5. The Morgan fingerprint density at radius 3 is 2.25 bits per heavy atom. The van der Waals surface area contributed by atoms with Crippen LogP contribution in [0.4, 0.5) is 0 Å². The largest absolute Gasteiger partial charge is 0.148 e. The molecule has 126 valence electrons. The van der Waals surface area contributed by atoms with Gasteiger partial charge >= 0.3 is 0 Å². The van der Waals surface area contributed by atoms with Crippen LogP contribution in [0, 0.1) is 11.8 Å². The van der Waals surface area contributed by atoms with Crippen molar-refractivity contribution in [3.63, 3.8) is 0 Å². The van der Waals surface area contributed by atoms with Crippen molar-refractivity contribution >= 4 is 30.7 Å². The first-order chi connectivity index (χ1) is 11.6. The summed E-state index contributed by atoms with van der Waals surface area (Å²) in [6, 6.07) is 4.74. The molecule has 2 heterocycles. The molecule has 0 N–H and O–H groups in total. The first-order valence-electron chi connectivity index (χ1n) is 9.42. The van der Waals surface area contributed by atoms with Gasteiger partial charge in [0.25, 0.3) is 0 Å². The van der Waals surface area contributed by atoms with Gasteiger partial charge in [0.05, 0.1) is 8.07 Å². The van der Waals surface area contributed by atoms with Gasteiger partial charge in [-0.2, -0.15) is 0 Å². The summed E-state index contributed by atoms with van der Waals surface area (Å²) in [7, 11) is -1.49. The summed E-state index contributed by atoms with van der Waals surface area (Å²) >= 11 is 4.04. The number of allylic oxidation sites excluding steroid dienone is 2. The van der Waals surface area contributed by atoms with Gasteiger partial charge in [-0.05, 0) is 71.2 Å². The van der Waals surface area contributed by atoms with Gasteiger partial charge in [-0.15, -0.1) is 22.7 Å². The Morgan fingerprint density at radius 2 is 1.58 bits per heavy atom. The van der Waals surface area contributed by atoms with E-state index in [-0.39, 0.29) is 0 Å². The zero-order valence-electron chi connectivity index (χ0n) is 14.8. The average molecular weight is 371 g/mol. The minimum Gasteiger partial charge on any atom is -0.148 e. The average Bonchev–Trinajstić information content (AvgIpc) is 3.25. The lowest BCUT2D eigenvalue weighted by atomic mass is 9.81. The molecule has 0 radical (unpaired) electrons. The smallest absolute Gasteiger partial charge is 0.0699 e. The van der Waals surface area contributed by atoms with Gasteiger partial charge in [-0.3, -0.25) is 0 Å². The van der Waals surface area contributed by atoms with Crippen LogP contribution in [0.5, 0.6) is 0 Å². The number of hydrogen-bond acceptors (Lipinski definition) is 2. The lowest BCUT2D eigenvalue weighted by Gasteiger charge is -2.42. The summed E-state index contributed by atoms with van der Waals surface area (Å²) in [5.41, 5.74) is 6.47. The molecule has 3 unspecified atom stereocenters. The van der Waals surface area contributed by atoms with Gasteiger partial charge in [0.1, 0.15) is 0 Å². The maximum Gasteiger partial charge on any atom is 0.0699 e. The molecule has 2 aromatic rings. The van der Waals surface area contributed by atoms with Gasteiger partial charge < -0.3 is 0 Å². The standard InChI is InChI=1S/C21H26S2Si/c1-13-12-14-6-4-5-7-15(14)20(13)24(2,3)21-18-16(8-10-22-18)17-9-11-23-19(17)21/h8-12,14-15,20-21H,4-7H2,1-3H3. The van der Waals surface area contributed by atoms with E-state index in [1.54, 1.807) is 26.5 Å². The molecule has 24 heavy (non-hydrogen) atoms. The SMILES string of the molecule is CC1=CC2CCCCC2C1[Si](C)(C)C1c2sccc2-c2ccsc21. The molecule has 3 heteroatoms. The molecular weight excluding hydrogens is 344 g/mol. The minimum atomic E-state index is -1.49. The van der Waals surface area contributed by atoms with Crippen LogP contribution in [0.1, 0.15) is 47.9 Å². The van der Waals surface area contributed by atoms with Crippen molar-refractivity contribution in [2.75, 3.05) is 0 Å². The van der Waals surface area contributed by atoms with E-state index >= 15 is 0 Å². The van der Waals surface area contributed by atoms with Gasteiger partial charge in [-0.1, -0.05) is 37.6 Å². The Balaban J connectivity index is 1.60. The van der Waals surface area contributed by atoms with Crippen LogP contribution in [0.25, 0.3) is 11.1 Å². The van der Waals surface area contributed by atoms with Gasteiger partial charge in [-0.25, -0.2) is 0 Å². The normalized spacial score (nSPS) is 29.3. The van der Waals surface area contributed by atoms with Crippen LogP contribution >= 0.6 is 22.7 Å². The van der Waals surface area contributed by atoms with Gasteiger partial charge in [0.2, 0.25) is 0 Å². The van der Waals surface area contributed by atoms with Crippen LogP contribution in [0.15, 0.2) is 34.5 Å². The number of thiophene rings is 2. The molecule has 0 aliphatic heterocycles. The maximum atomic E-state index is 2.70. The molecule has 2 aromatic heterocycles. The fourth-order valence-electron chi connectivity index (χ4n) is 6.24. The Labute approximate surface area is 154 Å². The van der Waals surface area contributed by atoms with Crippen LogP contribution in [0.3, 0.4) is 0 Å². The number of hydrogen-bond donors (Lipinski definition) is 0. The molecule has 3 aliphatic carbocycles. The molecule has 5 rings (SSSR count). The fourth-order valence-corrected chi connectivity index (χ4v) is 15.2. The zero-order chi connectivity index (χ0) is 16.5. The summed E-state index contributed by atoms with van der Waals surface area (Å²) in [5.74, 6) is 1.84.